The molecular weight excluding hydrogens is 508 g/mol. The van der Waals surface area contributed by atoms with Crippen LogP contribution in [0.25, 0.3) is 0 Å². The van der Waals surface area contributed by atoms with Gasteiger partial charge >= 0.3 is 0 Å². The Hall–Kier alpha value is -4.26. The highest BCUT2D eigenvalue weighted by molar-refractivity contribution is 8.00. The monoisotopic (exact) mass is 528 g/mol. The molecule has 2 N–H and O–H groups in total. The quantitative estimate of drug-likeness (QED) is 0.223. The lowest BCUT2D eigenvalue weighted by molar-refractivity contribution is 0.100. The van der Waals surface area contributed by atoms with Crippen molar-refractivity contribution in [2.75, 3.05) is 10.6 Å². The summed E-state index contributed by atoms with van der Waals surface area (Å²) >= 11 is 3.27. The average Bonchev–Trinajstić information content (AvgIpc) is 2.97. The third-order valence-corrected chi connectivity index (χ3v) is 8.96. The van der Waals surface area contributed by atoms with Crippen LogP contribution in [0.3, 0.4) is 0 Å². The first-order chi connectivity index (χ1) is 18.7. The van der Waals surface area contributed by atoms with Crippen LogP contribution in [0, 0.1) is 0 Å². The molecule has 2 aliphatic heterocycles. The van der Waals surface area contributed by atoms with E-state index in [1.807, 2.05) is 84.9 Å². The molecule has 5 aromatic carbocycles. The molecule has 0 amide bonds. The lowest BCUT2D eigenvalue weighted by atomic mass is 9.92. The van der Waals surface area contributed by atoms with E-state index in [0.29, 0.717) is 22.3 Å². The second-order valence-corrected chi connectivity index (χ2v) is 11.2. The predicted octanol–water partition coefficient (Wildman–Crippen LogP) is 8.57. The summed E-state index contributed by atoms with van der Waals surface area (Å²) in [5.41, 5.74) is 5.34. The van der Waals surface area contributed by atoms with Gasteiger partial charge in [-0.25, -0.2) is 0 Å². The molecule has 7 rings (SSSR count). The van der Waals surface area contributed by atoms with Gasteiger partial charge in [0.05, 0.1) is 22.7 Å². The number of fused-ring (bicyclic) bond motifs is 4. The van der Waals surface area contributed by atoms with Gasteiger partial charge in [0.1, 0.15) is 0 Å². The highest BCUT2D eigenvalue weighted by Gasteiger charge is 2.27. The fourth-order valence-corrected chi connectivity index (χ4v) is 6.91. The molecule has 182 valence electrons. The zero-order valence-electron chi connectivity index (χ0n) is 20.0. The van der Waals surface area contributed by atoms with Crippen LogP contribution in [0.4, 0.5) is 22.7 Å². The number of hydrogen-bond donors (Lipinski definition) is 2. The van der Waals surface area contributed by atoms with Gasteiger partial charge in [-0.3, -0.25) is 9.59 Å². The number of para-hydroxylation sites is 4. The van der Waals surface area contributed by atoms with Crippen molar-refractivity contribution in [2.45, 2.75) is 19.6 Å². The third kappa shape index (κ3) is 3.81. The van der Waals surface area contributed by atoms with Crippen molar-refractivity contribution in [1.29, 1.82) is 0 Å². The molecular formula is C32H20N2O2S2. The van der Waals surface area contributed by atoms with Crippen LogP contribution in [0.15, 0.2) is 129 Å². The lowest BCUT2D eigenvalue weighted by Crippen LogP contribution is -2.15. The van der Waals surface area contributed by atoms with Crippen molar-refractivity contribution in [1.82, 2.24) is 0 Å². The first-order valence-electron chi connectivity index (χ1n) is 12.2. The number of hydrogen-bond acceptors (Lipinski definition) is 6. The Labute approximate surface area is 228 Å². The number of carbonyl (C=O) groups is 2. The number of rotatable bonds is 4. The van der Waals surface area contributed by atoms with Crippen LogP contribution in [-0.2, 0) is 0 Å². The summed E-state index contributed by atoms with van der Waals surface area (Å²) < 4.78 is 0. The highest BCUT2D eigenvalue weighted by Crippen LogP contribution is 2.47. The summed E-state index contributed by atoms with van der Waals surface area (Å²) in [4.78, 5) is 32.2. The zero-order valence-corrected chi connectivity index (χ0v) is 21.7. The third-order valence-electron chi connectivity index (χ3n) is 6.69. The standard InChI is InChI=1S/C32H20N2O2S2/c35-31(21-11-7-17-27-29(21)33-23-13-3-5-15-25(23)37-27)19-9-1-2-10-20(19)32(36)22-12-8-18-28-30(22)34-24-14-4-6-16-26(24)38-28/h1-18,33-34H. The van der Waals surface area contributed by atoms with Gasteiger partial charge in [-0.2, -0.15) is 0 Å². The smallest absolute Gasteiger partial charge is 0.195 e. The predicted molar refractivity (Wildman–Crippen MR) is 154 cm³/mol. The van der Waals surface area contributed by atoms with Gasteiger partial charge in [0.25, 0.3) is 0 Å². The molecule has 2 aliphatic rings. The average molecular weight is 529 g/mol. The second kappa shape index (κ2) is 9.24. The Kier molecular flexibility index (Phi) is 5.57. The van der Waals surface area contributed by atoms with Gasteiger partial charge < -0.3 is 10.6 Å². The Morgan fingerprint density at radius 3 is 1.26 bits per heavy atom. The molecule has 0 fully saturated rings. The number of anilines is 4. The fraction of sp³-hybridized carbons (Fsp3) is 0. The molecule has 2 heterocycles. The van der Waals surface area contributed by atoms with E-state index in [2.05, 4.69) is 22.8 Å². The minimum Gasteiger partial charge on any atom is -0.353 e. The first kappa shape index (κ1) is 22.9. The van der Waals surface area contributed by atoms with E-state index in [-0.39, 0.29) is 11.6 Å². The van der Waals surface area contributed by atoms with Gasteiger partial charge in [-0.05, 0) is 48.5 Å². The summed E-state index contributed by atoms with van der Waals surface area (Å²) in [6.07, 6.45) is 0. The highest BCUT2D eigenvalue weighted by atomic mass is 32.2. The largest absolute Gasteiger partial charge is 0.353 e. The zero-order chi connectivity index (χ0) is 25.6. The topological polar surface area (TPSA) is 58.2 Å². The number of benzene rings is 5. The molecule has 6 heteroatoms. The minimum atomic E-state index is -0.184. The second-order valence-electron chi connectivity index (χ2n) is 9.01. The van der Waals surface area contributed by atoms with Gasteiger partial charge in [-0.15, -0.1) is 0 Å². The molecule has 0 bridgehead atoms. The van der Waals surface area contributed by atoms with Crippen molar-refractivity contribution in [3.63, 3.8) is 0 Å². The SMILES string of the molecule is O=C(c1ccccc1C(=O)c1cccc2c1Nc1ccccc1S2)c1cccc2c1Nc1ccccc1S2. The van der Waals surface area contributed by atoms with Crippen LogP contribution >= 0.6 is 23.5 Å². The molecule has 0 aromatic heterocycles. The Balaban J connectivity index is 1.28. The van der Waals surface area contributed by atoms with Gasteiger partial charge in [0, 0.05) is 41.8 Å². The summed E-state index contributed by atoms with van der Waals surface area (Å²) in [7, 11) is 0. The van der Waals surface area contributed by atoms with Gasteiger partial charge in [-0.1, -0.05) is 84.2 Å². The normalized spacial score (nSPS) is 12.6. The summed E-state index contributed by atoms with van der Waals surface area (Å²) in [5, 5.41) is 6.90. The van der Waals surface area contributed by atoms with Gasteiger partial charge in [0.2, 0.25) is 0 Å². The fourth-order valence-electron chi connectivity index (χ4n) is 4.86. The molecule has 0 unspecified atom stereocenters. The molecule has 0 saturated heterocycles. The molecule has 0 saturated carbocycles. The molecule has 5 aromatic rings. The van der Waals surface area contributed by atoms with Crippen molar-refractivity contribution in [3.05, 3.63) is 131 Å². The molecule has 0 atom stereocenters. The first-order valence-corrected chi connectivity index (χ1v) is 13.8. The number of nitrogens with one attached hydrogen (secondary N) is 2. The van der Waals surface area contributed by atoms with Crippen molar-refractivity contribution in [2.24, 2.45) is 0 Å². The van der Waals surface area contributed by atoms with E-state index >= 15 is 0 Å². The van der Waals surface area contributed by atoms with Crippen LogP contribution in [0.1, 0.15) is 31.8 Å². The van der Waals surface area contributed by atoms with Crippen molar-refractivity contribution in [3.8, 4) is 0 Å². The molecule has 38 heavy (non-hydrogen) atoms. The summed E-state index contributed by atoms with van der Waals surface area (Å²) in [6, 6.07) is 34.6. The van der Waals surface area contributed by atoms with E-state index in [4.69, 9.17) is 0 Å². The maximum atomic E-state index is 14.0. The van der Waals surface area contributed by atoms with Crippen LogP contribution < -0.4 is 10.6 Å². The molecule has 0 radical (unpaired) electrons. The van der Waals surface area contributed by atoms with Gasteiger partial charge in [0.15, 0.2) is 11.6 Å². The summed E-state index contributed by atoms with van der Waals surface area (Å²) in [6.45, 7) is 0. The van der Waals surface area contributed by atoms with E-state index in [1.54, 1.807) is 35.7 Å². The maximum absolute atomic E-state index is 14.0. The molecule has 0 spiro atoms. The van der Waals surface area contributed by atoms with E-state index in [0.717, 1.165) is 42.3 Å². The van der Waals surface area contributed by atoms with E-state index < -0.39 is 0 Å². The Bertz CT molecular complexity index is 1650. The number of carbonyl (C=O) groups excluding carboxylic acids is 2. The number of ketones is 2. The molecule has 0 aliphatic carbocycles. The van der Waals surface area contributed by atoms with Crippen LogP contribution in [-0.4, -0.2) is 11.6 Å². The van der Waals surface area contributed by atoms with Crippen molar-refractivity contribution < 1.29 is 9.59 Å². The minimum absolute atomic E-state index is 0.184. The Morgan fingerprint density at radius 2 is 0.789 bits per heavy atom. The van der Waals surface area contributed by atoms with Crippen LogP contribution in [0.2, 0.25) is 0 Å². The van der Waals surface area contributed by atoms with E-state index in [9.17, 15) is 9.59 Å². The van der Waals surface area contributed by atoms with E-state index in [1.165, 1.54) is 0 Å². The van der Waals surface area contributed by atoms with Crippen LogP contribution in [0.5, 0.6) is 0 Å². The summed E-state index contributed by atoms with van der Waals surface area (Å²) in [5.74, 6) is -0.369. The van der Waals surface area contributed by atoms with Crippen molar-refractivity contribution >= 4 is 57.8 Å². The Morgan fingerprint density at radius 1 is 0.421 bits per heavy atom. The molecule has 4 nitrogen and oxygen atoms in total. The maximum Gasteiger partial charge on any atom is 0.195 e. The lowest BCUT2D eigenvalue weighted by Gasteiger charge is -2.24.